The molecule has 0 fully saturated rings. The van der Waals surface area contributed by atoms with Crippen LogP contribution in [0.1, 0.15) is 16.7 Å². The van der Waals surface area contributed by atoms with Crippen molar-refractivity contribution in [3.05, 3.63) is 98.7 Å². The monoisotopic (exact) mass is 390 g/mol. The molecule has 4 heteroatoms. The van der Waals surface area contributed by atoms with Crippen molar-refractivity contribution in [2.45, 2.75) is 20.5 Å². The Kier molecular flexibility index (Phi) is 4.93. The van der Waals surface area contributed by atoms with Crippen molar-refractivity contribution in [1.82, 2.24) is 0 Å². The van der Waals surface area contributed by atoms with Crippen molar-refractivity contribution < 1.29 is 9.15 Å². The Morgan fingerprint density at radius 2 is 1.68 bits per heavy atom. The lowest BCUT2D eigenvalue weighted by atomic mass is 10.0. The van der Waals surface area contributed by atoms with E-state index in [1.165, 1.54) is 0 Å². The summed E-state index contributed by atoms with van der Waals surface area (Å²) >= 11 is 6.40. The molecule has 0 unspecified atom stereocenters. The fourth-order valence-electron chi connectivity index (χ4n) is 3.36. The highest BCUT2D eigenvalue weighted by Crippen LogP contribution is 2.36. The van der Waals surface area contributed by atoms with Crippen LogP contribution < -0.4 is 10.2 Å². The number of hydrogen-bond donors (Lipinski definition) is 0. The lowest BCUT2D eigenvalue weighted by Crippen LogP contribution is -2.11. The summed E-state index contributed by atoms with van der Waals surface area (Å²) in [4.78, 5) is 13.4. The van der Waals surface area contributed by atoms with Crippen LogP contribution in [0.5, 0.6) is 5.75 Å². The highest BCUT2D eigenvalue weighted by atomic mass is 35.5. The van der Waals surface area contributed by atoms with Crippen LogP contribution in [0.25, 0.3) is 22.3 Å². The minimum atomic E-state index is -0.190. The number of benzene rings is 3. The lowest BCUT2D eigenvalue weighted by Gasteiger charge is -2.14. The Morgan fingerprint density at radius 3 is 2.43 bits per heavy atom. The van der Waals surface area contributed by atoms with Gasteiger partial charge >= 0.3 is 0 Å². The zero-order valence-electron chi connectivity index (χ0n) is 15.7. The molecule has 0 radical (unpaired) electrons. The van der Waals surface area contributed by atoms with Crippen LogP contribution in [0.4, 0.5) is 0 Å². The summed E-state index contributed by atoms with van der Waals surface area (Å²) in [6.07, 6.45) is 0. The summed E-state index contributed by atoms with van der Waals surface area (Å²) in [5.41, 5.74) is 3.82. The van der Waals surface area contributed by atoms with Gasteiger partial charge in [0, 0.05) is 5.56 Å². The quantitative estimate of drug-likeness (QED) is 0.410. The molecular formula is C24H19ClO3. The predicted octanol–water partition coefficient (Wildman–Crippen LogP) is 6.31. The van der Waals surface area contributed by atoms with Crippen LogP contribution >= 0.6 is 11.6 Å². The molecule has 0 atom stereocenters. The first kappa shape index (κ1) is 18.3. The minimum Gasteiger partial charge on any atom is -0.481 e. The SMILES string of the molecule is Cc1cc(C)c2c(=O)c(OCc3ccccc3)c(-c3ccccc3Cl)oc2c1. The van der Waals surface area contributed by atoms with Crippen LogP contribution in [-0.2, 0) is 6.61 Å². The first-order valence-electron chi connectivity index (χ1n) is 9.04. The molecule has 0 bridgehead atoms. The summed E-state index contributed by atoms with van der Waals surface area (Å²) in [5.74, 6) is 0.528. The van der Waals surface area contributed by atoms with Gasteiger partial charge < -0.3 is 9.15 Å². The molecule has 0 aliphatic carbocycles. The molecule has 1 aromatic heterocycles. The Labute approximate surface area is 168 Å². The lowest BCUT2D eigenvalue weighted by molar-refractivity contribution is 0.298. The third kappa shape index (κ3) is 3.41. The second-order valence-corrected chi connectivity index (χ2v) is 7.21. The van der Waals surface area contributed by atoms with Gasteiger partial charge in [-0.3, -0.25) is 4.79 Å². The van der Waals surface area contributed by atoms with Crippen molar-refractivity contribution in [2.24, 2.45) is 0 Å². The number of halogens is 1. The van der Waals surface area contributed by atoms with Gasteiger partial charge in [-0.15, -0.1) is 0 Å². The van der Waals surface area contributed by atoms with Gasteiger partial charge in [-0.1, -0.05) is 60.1 Å². The third-order valence-electron chi connectivity index (χ3n) is 4.64. The first-order valence-corrected chi connectivity index (χ1v) is 9.42. The second-order valence-electron chi connectivity index (χ2n) is 6.80. The van der Waals surface area contributed by atoms with E-state index in [4.69, 9.17) is 20.8 Å². The van der Waals surface area contributed by atoms with E-state index in [2.05, 4.69) is 0 Å². The molecule has 0 N–H and O–H groups in total. The molecule has 1 heterocycles. The zero-order chi connectivity index (χ0) is 19.7. The molecule has 0 aliphatic heterocycles. The smallest absolute Gasteiger partial charge is 0.235 e. The molecule has 4 rings (SSSR count). The Bertz CT molecular complexity index is 1210. The summed E-state index contributed by atoms with van der Waals surface area (Å²) in [6, 6.07) is 20.8. The zero-order valence-corrected chi connectivity index (χ0v) is 16.4. The number of rotatable bonds is 4. The molecule has 3 aromatic carbocycles. The van der Waals surface area contributed by atoms with Gasteiger partial charge in [-0.25, -0.2) is 0 Å². The highest BCUT2D eigenvalue weighted by molar-refractivity contribution is 6.33. The molecule has 0 amide bonds. The standard InChI is InChI=1S/C24H19ClO3/c1-15-12-16(2)21-20(13-15)28-23(18-10-6-7-11-19(18)25)24(22(21)26)27-14-17-8-4-3-5-9-17/h3-13H,14H2,1-2H3. The van der Waals surface area contributed by atoms with Crippen molar-refractivity contribution in [3.8, 4) is 17.1 Å². The van der Waals surface area contributed by atoms with Crippen LogP contribution in [0.15, 0.2) is 75.9 Å². The average Bonchev–Trinajstić information content (AvgIpc) is 2.67. The molecular weight excluding hydrogens is 372 g/mol. The summed E-state index contributed by atoms with van der Waals surface area (Å²) in [7, 11) is 0. The molecule has 4 aromatic rings. The molecule has 28 heavy (non-hydrogen) atoms. The topological polar surface area (TPSA) is 39.4 Å². The van der Waals surface area contributed by atoms with Crippen LogP contribution in [0.3, 0.4) is 0 Å². The Balaban J connectivity index is 1.94. The normalized spacial score (nSPS) is 11.0. The number of ether oxygens (including phenoxy) is 1. The molecule has 0 aliphatic rings. The number of aryl methyl sites for hydroxylation is 2. The second kappa shape index (κ2) is 7.53. The molecule has 0 saturated heterocycles. The fourth-order valence-corrected chi connectivity index (χ4v) is 3.58. The van der Waals surface area contributed by atoms with Crippen LogP contribution in [0, 0.1) is 13.8 Å². The van der Waals surface area contributed by atoms with Gasteiger partial charge in [-0.05, 0) is 48.7 Å². The number of hydrogen-bond acceptors (Lipinski definition) is 3. The maximum absolute atomic E-state index is 13.4. The molecule has 0 saturated carbocycles. The van der Waals surface area contributed by atoms with Crippen LogP contribution in [-0.4, -0.2) is 0 Å². The van der Waals surface area contributed by atoms with E-state index in [0.29, 0.717) is 27.3 Å². The van der Waals surface area contributed by atoms with Gasteiger partial charge in [0.15, 0.2) is 5.76 Å². The third-order valence-corrected chi connectivity index (χ3v) is 4.97. The molecule has 0 spiro atoms. The van der Waals surface area contributed by atoms with E-state index in [0.717, 1.165) is 16.7 Å². The van der Waals surface area contributed by atoms with Crippen LogP contribution in [0.2, 0.25) is 5.02 Å². The Hall–Kier alpha value is -3.04. The summed E-state index contributed by atoms with van der Waals surface area (Å²) in [6.45, 7) is 4.14. The average molecular weight is 391 g/mol. The van der Waals surface area contributed by atoms with Gasteiger partial charge in [0.2, 0.25) is 11.2 Å². The van der Waals surface area contributed by atoms with Gasteiger partial charge in [0.05, 0.1) is 10.4 Å². The summed E-state index contributed by atoms with van der Waals surface area (Å²) in [5, 5.41) is 1.03. The van der Waals surface area contributed by atoms with E-state index in [1.807, 2.05) is 74.5 Å². The Morgan fingerprint density at radius 1 is 0.964 bits per heavy atom. The van der Waals surface area contributed by atoms with E-state index in [9.17, 15) is 4.79 Å². The van der Waals surface area contributed by atoms with Crippen molar-refractivity contribution in [3.63, 3.8) is 0 Å². The van der Waals surface area contributed by atoms with Gasteiger partial charge in [-0.2, -0.15) is 0 Å². The fraction of sp³-hybridized carbons (Fsp3) is 0.125. The maximum Gasteiger partial charge on any atom is 0.235 e. The van der Waals surface area contributed by atoms with Crippen molar-refractivity contribution in [1.29, 1.82) is 0 Å². The van der Waals surface area contributed by atoms with E-state index in [1.54, 1.807) is 6.07 Å². The van der Waals surface area contributed by atoms with Gasteiger partial charge in [0.25, 0.3) is 0 Å². The van der Waals surface area contributed by atoms with Crippen molar-refractivity contribution in [2.75, 3.05) is 0 Å². The molecule has 140 valence electrons. The first-order chi connectivity index (χ1) is 13.5. The minimum absolute atomic E-state index is 0.177. The van der Waals surface area contributed by atoms with E-state index < -0.39 is 0 Å². The summed E-state index contributed by atoms with van der Waals surface area (Å²) < 4.78 is 12.2. The number of fused-ring (bicyclic) bond motifs is 1. The van der Waals surface area contributed by atoms with E-state index in [-0.39, 0.29) is 17.8 Å². The molecule has 3 nitrogen and oxygen atoms in total. The highest BCUT2D eigenvalue weighted by Gasteiger charge is 2.21. The van der Waals surface area contributed by atoms with Gasteiger partial charge in [0.1, 0.15) is 12.2 Å². The van der Waals surface area contributed by atoms with E-state index >= 15 is 0 Å². The predicted molar refractivity (Wildman–Crippen MR) is 113 cm³/mol. The largest absolute Gasteiger partial charge is 0.481 e. The van der Waals surface area contributed by atoms with Crippen molar-refractivity contribution >= 4 is 22.6 Å². The maximum atomic E-state index is 13.4.